The standard InChI is InChI=1S/C31H48O3/c1-20(32)27(4)12-8-13-28(5)21(27)9-14-29(6)22(28)10-15-30(7)23(29)11-16-31(25(33)34)18-17-26(2,3)19-24(30)31/h11,21-22,24H,8-10,12-19H2,1-7H3,(H,33,34)/t21-,22+,24-,27+,28-,29+,30+,31+/m0/s1. The van der Waals surface area contributed by atoms with Crippen molar-refractivity contribution in [1.82, 2.24) is 0 Å². The van der Waals surface area contributed by atoms with Crippen molar-refractivity contribution in [1.29, 1.82) is 0 Å². The van der Waals surface area contributed by atoms with Crippen molar-refractivity contribution in [2.24, 2.45) is 50.2 Å². The molecule has 5 aliphatic carbocycles. The lowest BCUT2D eigenvalue weighted by Crippen LogP contribution is -2.63. The Balaban J connectivity index is 1.59. The van der Waals surface area contributed by atoms with Crippen LogP contribution in [0.15, 0.2) is 11.6 Å². The first-order chi connectivity index (χ1) is 15.7. The minimum absolute atomic E-state index is 0.0265. The van der Waals surface area contributed by atoms with Crippen molar-refractivity contribution >= 4 is 11.8 Å². The summed E-state index contributed by atoms with van der Waals surface area (Å²) < 4.78 is 0. The topological polar surface area (TPSA) is 54.4 Å². The van der Waals surface area contributed by atoms with Crippen molar-refractivity contribution in [3.8, 4) is 0 Å². The van der Waals surface area contributed by atoms with Crippen molar-refractivity contribution in [2.45, 2.75) is 119 Å². The summed E-state index contributed by atoms with van der Waals surface area (Å²) in [5.41, 5.74) is 1.34. The SMILES string of the molecule is CC(=O)[C@@]1(C)CCC[C@]2(C)[C@H]3CC[C@]4(C)C(=CC[C@@]5(C(=O)O)CCC(C)(C)C[C@H]54)[C@]3(C)CC[C@H]21. The second-order valence-corrected chi connectivity index (χ2v) is 15.1. The molecule has 0 unspecified atom stereocenters. The Hall–Kier alpha value is -1.12. The Kier molecular flexibility index (Phi) is 5.22. The van der Waals surface area contributed by atoms with Crippen LogP contribution in [0.25, 0.3) is 0 Å². The maximum atomic E-state index is 12.9. The normalized spacial score (nSPS) is 51.7. The lowest BCUT2D eigenvalue weighted by molar-refractivity contribution is -0.179. The fourth-order valence-electron chi connectivity index (χ4n) is 11.1. The van der Waals surface area contributed by atoms with E-state index < -0.39 is 11.4 Å². The second kappa shape index (κ2) is 7.22. The van der Waals surface area contributed by atoms with Crippen molar-refractivity contribution < 1.29 is 14.7 Å². The van der Waals surface area contributed by atoms with Crippen molar-refractivity contribution in [2.75, 3.05) is 0 Å². The average molecular weight is 469 g/mol. The van der Waals surface area contributed by atoms with E-state index in [4.69, 9.17) is 0 Å². The number of aliphatic carboxylic acids is 1. The van der Waals surface area contributed by atoms with E-state index in [-0.39, 0.29) is 33.0 Å². The van der Waals surface area contributed by atoms with Gasteiger partial charge in [0.15, 0.2) is 0 Å². The smallest absolute Gasteiger partial charge is 0.310 e. The van der Waals surface area contributed by atoms with Gasteiger partial charge in [0.2, 0.25) is 0 Å². The summed E-state index contributed by atoms with van der Waals surface area (Å²) in [6, 6.07) is 0. The van der Waals surface area contributed by atoms with Crippen LogP contribution in [-0.2, 0) is 9.59 Å². The van der Waals surface area contributed by atoms with Gasteiger partial charge in [-0.05, 0) is 111 Å². The maximum absolute atomic E-state index is 12.9. The molecule has 1 N–H and O–H groups in total. The molecule has 0 saturated heterocycles. The molecule has 4 fully saturated rings. The maximum Gasteiger partial charge on any atom is 0.310 e. The molecule has 190 valence electrons. The van der Waals surface area contributed by atoms with Gasteiger partial charge in [-0.25, -0.2) is 0 Å². The average Bonchev–Trinajstić information content (AvgIpc) is 2.72. The van der Waals surface area contributed by atoms with Gasteiger partial charge in [-0.1, -0.05) is 59.6 Å². The number of carbonyl (C=O) groups excluding carboxylic acids is 1. The Morgan fingerprint density at radius 2 is 1.44 bits per heavy atom. The molecule has 3 heteroatoms. The molecule has 0 aromatic carbocycles. The van der Waals surface area contributed by atoms with Crippen LogP contribution in [0.3, 0.4) is 0 Å². The number of hydrogen-bond donors (Lipinski definition) is 1. The Bertz CT molecular complexity index is 946. The Labute approximate surface area is 207 Å². The predicted molar refractivity (Wildman–Crippen MR) is 136 cm³/mol. The molecule has 0 aliphatic heterocycles. The van der Waals surface area contributed by atoms with E-state index in [2.05, 4.69) is 47.6 Å². The molecule has 34 heavy (non-hydrogen) atoms. The molecule has 0 aromatic heterocycles. The molecule has 0 bridgehead atoms. The van der Waals surface area contributed by atoms with E-state index in [1.54, 1.807) is 5.57 Å². The van der Waals surface area contributed by atoms with E-state index in [0.29, 0.717) is 24.0 Å². The highest BCUT2D eigenvalue weighted by molar-refractivity contribution is 5.82. The van der Waals surface area contributed by atoms with Crippen LogP contribution in [0.5, 0.6) is 0 Å². The van der Waals surface area contributed by atoms with Crippen LogP contribution in [0, 0.1) is 50.2 Å². The minimum atomic E-state index is -0.587. The first-order valence-electron chi connectivity index (χ1n) is 14.1. The first kappa shape index (κ1) is 24.6. The molecule has 0 spiro atoms. The number of ketones is 1. The Morgan fingerprint density at radius 3 is 2.06 bits per heavy atom. The predicted octanol–water partition coefficient (Wildman–Crippen LogP) is 7.83. The summed E-state index contributed by atoms with van der Waals surface area (Å²) in [6.07, 6.45) is 14.0. The fourth-order valence-corrected chi connectivity index (χ4v) is 11.1. The number of carbonyl (C=O) groups is 2. The van der Waals surface area contributed by atoms with Gasteiger partial charge < -0.3 is 5.11 Å². The van der Waals surface area contributed by atoms with Gasteiger partial charge in [-0.2, -0.15) is 0 Å². The fraction of sp³-hybridized carbons (Fsp3) is 0.871. The highest BCUT2D eigenvalue weighted by Gasteiger charge is 2.68. The van der Waals surface area contributed by atoms with Crippen molar-refractivity contribution in [3.05, 3.63) is 11.6 Å². The van der Waals surface area contributed by atoms with Gasteiger partial charge in [0.05, 0.1) is 5.41 Å². The zero-order valence-electron chi connectivity index (χ0n) is 22.9. The van der Waals surface area contributed by atoms with Crippen LogP contribution in [-0.4, -0.2) is 16.9 Å². The highest BCUT2D eigenvalue weighted by atomic mass is 16.4. The second-order valence-electron chi connectivity index (χ2n) is 15.1. The van der Waals surface area contributed by atoms with E-state index in [1.807, 2.05) is 6.92 Å². The third-order valence-electron chi connectivity index (χ3n) is 13.0. The lowest BCUT2D eigenvalue weighted by atomic mass is 9.34. The molecule has 0 heterocycles. The van der Waals surface area contributed by atoms with E-state index in [1.165, 1.54) is 12.8 Å². The zero-order chi connectivity index (χ0) is 24.9. The molecule has 5 rings (SSSR count). The van der Waals surface area contributed by atoms with E-state index in [9.17, 15) is 14.7 Å². The number of allylic oxidation sites excluding steroid dienone is 2. The summed E-state index contributed by atoms with van der Waals surface area (Å²) in [5, 5.41) is 10.5. The van der Waals surface area contributed by atoms with E-state index >= 15 is 0 Å². The molecule has 8 atom stereocenters. The molecule has 0 amide bonds. The number of hydrogen-bond acceptors (Lipinski definition) is 2. The number of carboxylic acid groups (broad SMARTS) is 1. The van der Waals surface area contributed by atoms with Gasteiger partial charge >= 0.3 is 5.97 Å². The monoisotopic (exact) mass is 468 g/mol. The quantitative estimate of drug-likeness (QED) is 0.420. The van der Waals surface area contributed by atoms with Gasteiger partial charge in [0.25, 0.3) is 0 Å². The first-order valence-corrected chi connectivity index (χ1v) is 14.1. The molecular weight excluding hydrogens is 420 g/mol. The van der Waals surface area contributed by atoms with Gasteiger partial charge in [0, 0.05) is 5.41 Å². The summed E-state index contributed by atoms with van der Waals surface area (Å²) in [7, 11) is 0. The lowest BCUT2D eigenvalue weighted by Gasteiger charge is -2.69. The molecule has 0 aromatic rings. The number of rotatable bonds is 2. The zero-order valence-corrected chi connectivity index (χ0v) is 22.9. The molecular formula is C31H48O3. The third-order valence-corrected chi connectivity index (χ3v) is 13.0. The van der Waals surface area contributed by atoms with Crippen LogP contribution >= 0.6 is 0 Å². The number of fused-ring (bicyclic) bond motifs is 7. The molecule has 5 aliphatic rings. The minimum Gasteiger partial charge on any atom is -0.481 e. The highest BCUT2D eigenvalue weighted by Crippen LogP contribution is 2.75. The van der Waals surface area contributed by atoms with E-state index in [0.717, 1.165) is 51.4 Å². The number of carboxylic acids is 1. The van der Waals surface area contributed by atoms with Crippen LogP contribution in [0.2, 0.25) is 0 Å². The summed E-state index contributed by atoms with van der Waals surface area (Å²) in [4.78, 5) is 25.7. The third kappa shape index (κ3) is 2.94. The van der Waals surface area contributed by atoms with Crippen LogP contribution in [0.4, 0.5) is 0 Å². The van der Waals surface area contributed by atoms with Gasteiger partial charge in [-0.3, -0.25) is 9.59 Å². The van der Waals surface area contributed by atoms with Gasteiger partial charge in [0.1, 0.15) is 5.78 Å². The largest absolute Gasteiger partial charge is 0.481 e. The van der Waals surface area contributed by atoms with Crippen molar-refractivity contribution in [3.63, 3.8) is 0 Å². The van der Waals surface area contributed by atoms with Crippen LogP contribution in [0.1, 0.15) is 119 Å². The summed E-state index contributed by atoms with van der Waals surface area (Å²) in [6.45, 7) is 16.3. The summed E-state index contributed by atoms with van der Waals surface area (Å²) in [5.74, 6) is 1.12. The summed E-state index contributed by atoms with van der Waals surface area (Å²) >= 11 is 0. The van der Waals surface area contributed by atoms with Crippen LogP contribution < -0.4 is 0 Å². The molecule has 3 nitrogen and oxygen atoms in total. The molecule has 0 radical (unpaired) electrons. The van der Waals surface area contributed by atoms with Gasteiger partial charge in [-0.15, -0.1) is 0 Å². The number of Topliss-reactive ketones (excluding diaryl/α,β-unsaturated/α-hetero) is 1. The molecule has 4 saturated carbocycles. The Morgan fingerprint density at radius 1 is 0.824 bits per heavy atom.